The molecule has 13 atom stereocenters. The molecule has 7 rings (SSSR count). The SMILES string of the molecule is CC(=O)O[C@@H]1C2=C(C)[C@@H](OC(=O)[C@H](O)[C@@H](NC(=O)c3ccccc3)c3ccccc3)C[C@](O)([C@@H]2C)[C@@H](OC(=O)c2ccccc2)[C@@H]2[C@]3(OC(C)=O)CO[C@@H]3C[C@H](O)[C@@]2(C)C1O. The van der Waals surface area contributed by atoms with Gasteiger partial charge in [-0.05, 0) is 47.9 Å². The molecule has 0 spiro atoms. The van der Waals surface area contributed by atoms with Gasteiger partial charge in [-0.2, -0.15) is 0 Å². The van der Waals surface area contributed by atoms with Gasteiger partial charge in [0.1, 0.15) is 36.1 Å². The lowest BCUT2D eigenvalue weighted by Crippen LogP contribution is -2.81. The van der Waals surface area contributed by atoms with E-state index in [1.54, 1.807) is 92.7 Å². The van der Waals surface area contributed by atoms with Gasteiger partial charge in [-0.25, -0.2) is 9.59 Å². The van der Waals surface area contributed by atoms with E-state index in [1.807, 2.05) is 0 Å². The molecule has 3 aliphatic carbocycles. The fourth-order valence-corrected chi connectivity index (χ4v) is 10.1. The van der Waals surface area contributed by atoms with Gasteiger partial charge in [0.25, 0.3) is 5.91 Å². The van der Waals surface area contributed by atoms with Crippen molar-refractivity contribution in [3.63, 3.8) is 0 Å². The summed E-state index contributed by atoms with van der Waals surface area (Å²) in [6, 6.07) is 23.1. The highest BCUT2D eigenvalue weighted by atomic mass is 16.6. The summed E-state index contributed by atoms with van der Waals surface area (Å²) in [7, 11) is 0. The van der Waals surface area contributed by atoms with Crippen LogP contribution >= 0.6 is 0 Å². The predicted octanol–water partition coefficient (Wildman–Crippen LogP) is 3.14. The van der Waals surface area contributed by atoms with E-state index in [0.29, 0.717) is 5.56 Å². The molecule has 1 saturated heterocycles. The van der Waals surface area contributed by atoms with E-state index < -0.39 is 113 Å². The molecule has 61 heavy (non-hydrogen) atoms. The van der Waals surface area contributed by atoms with Crippen LogP contribution < -0.4 is 5.32 Å². The van der Waals surface area contributed by atoms with E-state index in [9.17, 15) is 44.4 Å². The number of benzene rings is 3. The fraction of sp³-hybridized carbons (Fsp3) is 0.457. The second-order valence-electron chi connectivity index (χ2n) is 16.8. The molecule has 1 aliphatic heterocycles. The maximum atomic E-state index is 14.3. The molecular weight excluding hydrogens is 790 g/mol. The zero-order valence-corrected chi connectivity index (χ0v) is 34.4. The molecule has 324 valence electrons. The van der Waals surface area contributed by atoms with Crippen molar-refractivity contribution in [3.8, 4) is 0 Å². The molecule has 0 radical (unpaired) electrons. The summed E-state index contributed by atoms with van der Waals surface area (Å²) in [5, 5.41) is 52.7. The number of ether oxygens (including phenoxy) is 5. The zero-order chi connectivity index (χ0) is 44.0. The number of esters is 4. The van der Waals surface area contributed by atoms with E-state index in [-0.39, 0.29) is 35.3 Å². The summed E-state index contributed by atoms with van der Waals surface area (Å²) in [6.07, 6.45) is -11.6. The van der Waals surface area contributed by atoms with Gasteiger partial charge in [0.2, 0.25) is 0 Å². The molecular formula is C46H51NO14. The number of aliphatic hydroxyl groups is 4. The lowest BCUT2D eigenvalue weighted by molar-refractivity contribution is -0.361. The third kappa shape index (κ3) is 7.63. The van der Waals surface area contributed by atoms with Crippen LogP contribution in [0.1, 0.15) is 79.8 Å². The number of carbonyl (C=O) groups is 5. The first-order valence-electron chi connectivity index (χ1n) is 20.3. The highest BCUT2D eigenvalue weighted by molar-refractivity contribution is 5.95. The molecule has 2 saturated carbocycles. The molecule has 3 aromatic rings. The highest BCUT2D eigenvalue weighted by Crippen LogP contribution is 2.63. The maximum Gasteiger partial charge on any atom is 0.338 e. The fourth-order valence-electron chi connectivity index (χ4n) is 10.1. The van der Waals surface area contributed by atoms with E-state index in [2.05, 4.69) is 5.32 Å². The molecule has 2 bridgehead atoms. The van der Waals surface area contributed by atoms with Crippen molar-refractivity contribution < 1.29 is 68.1 Å². The van der Waals surface area contributed by atoms with Crippen LogP contribution in [-0.4, -0.2) is 111 Å². The van der Waals surface area contributed by atoms with Crippen molar-refractivity contribution in [1.82, 2.24) is 5.32 Å². The Labute approximate surface area is 352 Å². The second-order valence-corrected chi connectivity index (χ2v) is 16.8. The zero-order valence-electron chi connectivity index (χ0n) is 34.4. The van der Waals surface area contributed by atoms with Crippen molar-refractivity contribution >= 4 is 29.8 Å². The molecule has 3 fully saturated rings. The smallest absolute Gasteiger partial charge is 0.338 e. The Morgan fingerprint density at radius 1 is 0.836 bits per heavy atom. The summed E-state index contributed by atoms with van der Waals surface area (Å²) in [4.78, 5) is 67.7. The molecule has 1 heterocycles. The minimum absolute atomic E-state index is 0.0958. The van der Waals surface area contributed by atoms with E-state index in [1.165, 1.54) is 26.0 Å². The van der Waals surface area contributed by atoms with Crippen molar-refractivity contribution in [3.05, 3.63) is 119 Å². The van der Waals surface area contributed by atoms with Crippen LogP contribution in [0.15, 0.2) is 102 Å². The lowest BCUT2D eigenvalue weighted by atomic mass is 9.46. The molecule has 0 aromatic heterocycles. The normalized spacial score (nSPS) is 33.7. The minimum Gasteiger partial charge on any atom is -0.456 e. The van der Waals surface area contributed by atoms with Crippen LogP contribution in [0.25, 0.3) is 0 Å². The van der Waals surface area contributed by atoms with Crippen LogP contribution in [0, 0.1) is 17.3 Å². The number of carbonyl (C=O) groups excluding carboxylic acids is 5. The molecule has 1 unspecified atom stereocenters. The first-order chi connectivity index (χ1) is 28.9. The molecule has 5 N–H and O–H groups in total. The van der Waals surface area contributed by atoms with Crippen LogP contribution in [0.2, 0.25) is 0 Å². The Balaban J connectivity index is 1.36. The quantitative estimate of drug-likeness (QED) is 0.112. The van der Waals surface area contributed by atoms with Gasteiger partial charge in [0, 0.05) is 43.6 Å². The number of amides is 1. The molecule has 15 heteroatoms. The molecule has 4 aliphatic rings. The Bertz CT molecular complexity index is 2180. The summed E-state index contributed by atoms with van der Waals surface area (Å²) >= 11 is 0. The largest absolute Gasteiger partial charge is 0.456 e. The van der Waals surface area contributed by atoms with Crippen molar-refractivity contribution in [2.45, 2.75) is 107 Å². The Hall–Kier alpha value is -5.45. The van der Waals surface area contributed by atoms with Crippen LogP contribution in [0.3, 0.4) is 0 Å². The predicted molar refractivity (Wildman–Crippen MR) is 214 cm³/mol. The molecule has 1 amide bonds. The van der Waals surface area contributed by atoms with Crippen LogP contribution in [0.5, 0.6) is 0 Å². The van der Waals surface area contributed by atoms with Gasteiger partial charge in [-0.3, -0.25) is 14.4 Å². The van der Waals surface area contributed by atoms with E-state index >= 15 is 0 Å². The Kier molecular flexibility index (Phi) is 12.0. The average molecular weight is 842 g/mol. The number of nitrogens with one attached hydrogen (secondary N) is 1. The summed E-state index contributed by atoms with van der Waals surface area (Å²) in [5.41, 5.74) is -4.71. The summed E-state index contributed by atoms with van der Waals surface area (Å²) in [5.74, 6) is -6.82. The summed E-state index contributed by atoms with van der Waals surface area (Å²) in [6.45, 7) is 6.68. The number of aliphatic hydroxyl groups excluding tert-OH is 3. The standard InChI is InChI=1S/C46H51NO14/c1-24-31(59-43(55)36(51)35(28-15-9-6-10-16-28)47-41(53)29-17-11-7-12-18-29)22-45(56)25(2)34(24)37(58-26(3)48)39(52)44(5)32(50)21-33-46(23-57-33,61-27(4)49)38(44)40(45)60-42(54)30-19-13-8-14-20-30/h6-20,25,31-33,35-40,50-52,56H,21-23H2,1-5H3,(H,47,53)/t25-,31+,32+,33-,35+,36-,37-,38+,39?,40+,44-,45+,46+/m1/s1. The van der Waals surface area contributed by atoms with Gasteiger partial charge < -0.3 is 49.4 Å². The van der Waals surface area contributed by atoms with Crippen molar-refractivity contribution in [2.24, 2.45) is 17.3 Å². The third-order valence-electron chi connectivity index (χ3n) is 13.3. The van der Waals surface area contributed by atoms with Gasteiger partial charge in [-0.1, -0.05) is 80.6 Å². The van der Waals surface area contributed by atoms with E-state index in [4.69, 9.17) is 23.7 Å². The lowest BCUT2D eigenvalue weighted by Gasteiger charge is -2.67. The van der Waals surface area contributed by atoms with Gasteiger partial charge in [0.05, 0.1) is 30.2 Å². The van der Waals surface area contributed by atoms with Crippen LogP contribution in [0.4, 0.5) is 0 Å². The first-order valence-corrected chi connectivity index (χ1v) is 20.3. The molecule has 15 nitrogen and oxygen atoms in total. The minimum atomic E-state index is -2.29. The van der Waals surface area contributed by atoms with Crippen LogP contribution in [-0.2, 0) is 38.1 Å². The van der Waals surface area contributed by atoms with Crippen molar-refractivity contribution in [2.75, 3.05) is 6.61 Å². The third-order valence-corrected chi connectivity index (χ3v) is 13.3. The average Bonchev–Trinajstić information content (AvgIpc) is 3.24. The highest BCUT2D eigenvalue weighted by Gasteiger charge is 2.76. The Morgan fingerprint density at radius 2 is 1.43 bits per heavy atom. The first kappa shape index (κ1) is 43.6. The molecule has 3 aromatic carbocycles. The topological polar surface area (TPSA) is 224 Å². The monoisotopic (exact) mass is 841 g/mol. The number of hydrogen-bond acceptors (Lipinski definition) is 14. The van der Waals surface area contributed by atoms with Gasteiger partial charge in [-0.15, -0.1) is 0 Å². The number of fused-ring (bicyclic) bond motifs is 5. The van der Waals surface area contributed by atoms with E-state index in [0.717, 1.165) is 6.92 Å². The number of hydrogen-bond donors (Lipinski definition) is 5. The second kappa shape index (κ2) is 16.8. The summed E-state index contributed by atoms with van der Waals surface area (Å²) < 4.78 is 30.3. The van der Waals surface area contributed by atoms with Crippen molar-refractivity contribution in [1.29, 1.82) is 0 Å². The van der Waals surface area contributed by atoms with Gasteiger partial charge in [0.15, 0.2) is 11.7 Å². The van der Waals surface area contributed by atoms with Gasteiger partial charge >= 0.3 is 23.9 Å². The maximum absolute atomic E-state index is 14.3. The Morgan fingerprint density at radius 3 is 1.98 bits per heavy atom. The number of rotatable bonds is 10.